The first kappa shape index (κ1) is 24.4. The molecule has 0 unspecified atom stereocenters. The number of aliphatic imine (C=N–C) groups is 2. The molecule has 1 heterocycles. The Morgan fingerprint density at radius 3 is 1.51 bits per heavy atom. The van der Waals surface area contributed by atoms with Crippen LogP contribution in [-0.2, 0) is 5.66 Å². The van der Waals surface area contributed by atoms with Crippen molar-refractivity contribution >= 4 is 11.7 Å². The van der Waals surface area contributed by atoms with Gasteiger partial charge in [0.25, 0.3) is 0 Å². The number of nitrogens with zero attached hydrogens (tertiary/aromatic N) is 2. The van der Waals surface area contributed by atoms with E-state index in [1.54, 1.807) is 24.3 Å². The molecule has 0 bridgehead atoms. The lowest BCUT2D eigenvalue weighted by molar-refractivity contribution is 0.518. The number of benzene rings is 5. The van der Waals surface area contributed by atoms with E-state index in [0.717, 1.165) is 38.9 Å². The zero-order chi connectivity index (χ0) is 26.8. The van der Waals surface area contributed by atoms with Crippen molar-refractivity contribution in [1.82, 2.24) is 5.32 Å². The lowest BCUT2D eigenvalue weighted by Crippen LogP contribution is -2.40. The van der Waals surface area contributed by atoms with Gasteiger partial charge in [-0.15, -0.1) is 0 Å². The fourth-order valence-electron chi connectivity index (χ4n) is 4.75. The molecule has 0 saturated heterocycles. The molecule has 0 radical (unpaired) electrons. The number of nitrogens with one attached hydrogen (secondary N) is 1. The van der Waals surface area contributed by atoms with Crippen molar-refractivity contribution in [3.8, 4) is 22.3 Å². The van der Waals surface area contributed by atoms with Gasteiger partial charge in [-0.2, -0.15) is 0 Å². The maximum Gasteiger partial charge on any atom is 0.177 e. The fourth-order valence-corrected chi connectivity index (χ4v) is 4.75. The van der Waals surface area contributed by atoms with Crippen LogP contribution >= 0.6 is 0 Å². The van der Waals surface area contributed by atoms with Gasteiger partial charge in [0, 0.05) is 16.7 Å². The largest absolute Gasteiger partial charge is 0.324 e. The summed E-state index contributed by atoms with van der Waals surface area (Å²) in [4.78, 5) is 10.00. The van der Waals surface area contributed by atoms with Gasteiger partial charge >= 0.3 is 0 Å². The molecule has 5 aromatic rings. The van der Waals surface area contributed by atoms with Crippen LogP contribution in [0.25, 0.3) is 22.3 Å². The summed E-state index contributed by atoms with van der Waals surface area (Å²) in [6.45, 7) is 1.94. The molecule has 0 saturated carbocycles. The zero-order valence-corrected chi connectivity index (χ0v) is 21.3. The first-order valence-corrected chi connectivity index (χ1v) is 12.7. The van der Waals surface area contributed by atoms with E-state index in [2.05, 4.69) is 53.8 Å². The smallest absolute Gasteiger partial charge is 0.177 e. The van der Waals surface area contributed by atoms with Crippen molar-refractivity contribution in [2.75, 3.05) is 0 Å². The molecule has 0 atom stereocenters. The van der Waals surface area contributed by atoms with Gasteiger partial charge in [0.05, 0.1) is 0 Å². The van der Waals surface area contributed by atoms with Crippen LogP contribution in [0.4, 0.5) is 8.78 Å². The van der Waals surface area contributed by atoms with Crippen molar-refractivity contribution in [3.05, 3.63) is 156 Å². The maximum atomic E-state index is 13.7. The second kappa shape index (κ2) is 10.1. The minimum Gasteiger partial charge on any atom is -0.324 e. The summed E-state index contributed by atoms with van der Waals surface area (Å²) in [7, 11) is 0. The van der Waals surface area contributed by atoms with E-state index in [-0.39, 0.29) is 11.6 Å². The van der Waals surface area contributed by atoms with Gasteiger partial charge in [0.1, 0.15) is 23.3 Å². The summed E-state index contributed by atoms with van der Waals surface area (Å²) in [5.41, 5.74) is 5.79. The Bertz CT molecular complexity index is 1630. The third-order valence-electron chi connectivity index (χ3n) is 6.84. The molecular formula is C34H25F2N3. The van der Waals surface area contributed by atoms with Crippen LogP contribution in [0.2, 0.25) is 0 Å². The van der Waals surface area contributed by atoms with E-state index >= 15 is 0 Å². The van der Waals surface area contributed by atoms with Crippen LogP contribution in [0.15, 0.2) is 137 Å². The normalized spacial score (nSPS) is 14.2. The Morgan fingerprint density at radius 1 is 0.487 bits per heavy atom. The van der Waals surface area contributed by atoms with Crippen molar-refractivity contribution < 1.29 is 8.78 Å². The van der Waals surface area contributed by atoms with E-state index in [1.165, 1.54) is 24.3 Å². The molecule has 0 aromatic heterocycles. The van der Waals surface area contributed by atoms with E-state index in [1.807, 2.05) is 37.3 Å². The van der Waals surface area contributed by atoms with Crippen molar-refractivity contribution in [3.63, 3.8) is 0 Å². The van der Waals surface area contributed by atoms with Crippen LogP contribution in [0.5, 0.6) is 0 Å². The van der Waals surface area contributed by atoms with Crippen molar-refractivity contribution in [2.45, 2.75) is 12.6 Å². The first-order valence-electron chi connectivity index (χ1n) is 12.7. The molecule has 39 heavy (non-hydrogen) atoms. The Morgan fingerprint density at radius 2 is 0.949 bits per heavy atom. The topological polar surface area (TPSA) is 36.8 Å². The summed E-state index contributed by atoms with van der Waals surface area (Å²) >= 11 is 0. The number of halogens is 2. The summed E-state index contributed by atoms with van der Waals surface area (Å²) in [5, 5.41) is 3.28. The third-order valence-corrected chi connectivity index (χ3v) is 6.84. The van der Waals surface area contributed by atoms with Crippen LogP contribution in [0.3, 0.4) is 0 Å². The molecule has 3 nitrogen and oxygen atoms in total. The number of hydrogen-bond acceptors (Lipinski definition) is 3. The lowest BCUT2D eigenvalue weighted by Gasteiger charge is -2.30. The van der Waals surface area contributed by atoms with Gasteiger partial charge in [-0.3, -0.25) is 0 Å². The van der Waals surface area contributed by atoms with Gasteiger partial charge in [-0.25, -0.2) is 18.8 Å². The quantitative estimate of drug-likeness (QED) is 0.254. The standard InChI is InChI=1S/C34H25F2N3/c1-34(29-12-6-11-28(22-29)27-10-5-9-26(21-27)23-7-3-2-4-8-23)38-32(24-13-17-30(35)18-14-24)37-33(39-34)25-15-19-31(36)20-16-25/h2-22H,1H3,(H,37,38,39). The van der Waals surface area contributed by atoms with Crippen molar-refractivity contribution in [1.29, 1.82) is 0 Å². The molecular weight excluding hydrogens is 488 g/mol. The number of hydrogen-bond donors (Lipinski definition) is 1. The molecule has 1 aliphatic rings. The molecule has 1 aliphatic heterocycles. The molecule has 0 aliphatic carbocycles. The monoisotopic (exact) mass is 513 g/mol. The van der Waals surface area contributed by atoms with E-state index < -0.39 is 5.66 Å². The van der Waals surface area contributed by atoms with Crippen LogP contribution < -0.4 is 5.32 Å². The summed E-state index contributed by atoms with van der Waals surface area (Å²) in [5.74, 6) is 0.471. The molecule has 190 valence electrons. The third kappa shape index (κ3) is 5.12. The lowest BCUT2D eigenvalue weighted by atomic mass is 9.94. The van der Waals surface area contributed by atoms with Crippen LogP contribution in [-0.4, -0.2) is 11.7 Å². The average Bonchev–Trinajstić information content (AvgIpc) is 2.98. The zero-order valence-electron chi connectivity index (χ0n) is 21.3. The number of rotatable bonds is 5. The van der Waals surface area contributed by atoms with Crippen LogP contribution in [0.1, 0.15) is 23.6 Å². The van der Waals surface area contributed by atoms with Gasteiger partial charge in [-0.05, 0) is 89.8 Å². The number of amidine groups is 2. The highest BCUT2D eigenvalue weighted by Crippen LogP contribution is 2.34. The molecule has 5 aromatic carbocycles. The van der Waals surface area contributed by atoms with E-state index in [9.17, 15) is 8.78 Å². The summed E-state index contributed by atoms with van der Waals surface area (Å²) in [6, 6.07) is 39.3. The minimum absolute atomic E-state index is 0.323. The second-order valence-electron chi connectivity index (χ2n) is 9.61. The Hall–Kier alpha value is -4.90. The average molecular weight is 514 g/mol. The first-order chi connectivity index (χ1) is 19.0. The summed E-state index contributed by atoms with van der Waals surface area (Å²) < 4.78 is 27.3. The highest BCUT2D eigenvalue weighted by Gasteiger charge is 2.31. The highest BCUT2D eigenvalue weighted by molar-refractivity contribution is 6.16. The van der Waals surface area contributed by atoms with E-state index in [4.69, 9.17) is 9.98 Å². The van der Waals surface area contributed by atoms with Gasteiger partial charge < -0.3 is 5.32 Å². The Balaban J connectivity index is 1.44. The molecule has 0 amide bonds. The fraction of sp³-hybridized carbons (Fsp3) is 0.0588. The molecule has 0 spiro atoms. The summed E-state index contributed by atoms with van der Waals surface area (Å²) in [6.07, 6.45) is 0. The second-order valence-corrected chi connectivity index (χ2v) is 9.61. The SMILES string of the molecule is CC1(c2cccc(-c3cccc(-c4ccccc4)c3)c2)N=C(c2ccc(F)cc2)NC(c2ccc(F)cc2)=N1. The van der Waals surface area contributed by atoms with Gasteiger partial charge in [0.2, 0.25) is 0 Å². The van der Waals surface area contributed by atoms with Gasteiger partial charge in [-0.1, -0.05) is 66.7 Å². The molecule has 1 N–H and O–H groups in total. The van der Waals surface area contributed by atoms with Gasteiger partial charge in [0.15, 0.2) is 5.66 Å². The molecule has 6 rings (SSSR count). The minimum atomic E-state index is -0.980. The van der Waals surface area contributed by atoms with Crippen LogP contribution in [0, 0.1) is 11.6 Å². The Labute approximate surface area is 226 Å². The van der Waals surface area contributed by atoms with Crippen molar-refractivity contribution in [2.24, 2.45) is 9.98 Å². The molecule has 5 heteroatoms. The van der Waals surface area contributed by atoms with E-state index in [0.29, 0.717) is 11.7 Å². The molecule has 0 fully saturated rings. The predicted octanol–water partition coefficient (Wildman–Crippen LogP) is 7.97. The predicted molar refractivity (Wildman–Crippen MR) is 154 cm³/mol. The Kier molecular flexibility index (Phi) is 6.33. The maximum absolute atomic E-state index is 13.7. The highest BCUT2D eigenvalue weighted by atomic mass is 19.1.